The monoisotopic (exact) mass is 357 g/mol. The maximum atomic E-state index is 12.8. The molecule has 0 saturated carbocycles. The first-order valence-corrected chi connectivity index (χ1v) is 9.04. The molecule has 1 aromatic heterocycles. The normalized spacial score (nSPS) is 16.7. The molecule has 1 aliphatic heterocycles. The fourth-order valence-electron chi connectivity index (χ4n) is 3.34. The summed E-state index contributed by atoms with van der Waals surface area (Å²) < 4.78 is 13.2. The third-order valence-electron chi connectivity index (χ3n) is 4.98. The van der Waals surface area contributed by atoms with Crippen molar-refractivity contribution in [3.63, 3.8) is 0 Å². The highest BCUT2D eigenvalue weighted by Gasteiger charge is 2.30. The Morgan fingerprint density at radius 1 is 1.31 bits per heavy atom. The summed E-state index contributed by atoms with van der Waals surface area (Å²) in [4.78, 5) is 14.7. The van der Waals surface area contributed by atoms with Gasteiger partial charge in [-0.1, -0.05) is 24.3 Å². The Hall–Kier alpha value is -2.18. The van der Waals surface area contributed by atoms with Crippen molar-refractivity contribution in [2.24, 2.45) is 7.05 Å². The molecule has 0 radical (unpaired) electrons. The molecule has 2 heterocycles. The van der Waals surface area contributed by atoms with E-state index in [9.17, 15) is 4.79 Å². The summed E-state index contributed by atoms with van der Waals surface area (Å²) in [6.07, 6.45) is 4.81. The van der Waals surface area contributed by atoms with Gasteiger partial charge < -0.3 is 14.4 Å². The molecule has 0 N–H and O–H groups in total. The lowest BCUT2D eigenvalue weighted by molar-refractivity contribution is -0.145. The van der Waals surface area contributed by atoms with Crippen LogP contribution in [0.25, 0.3) is 0 Å². The lowest BCUT2D eigenvalue weighted by Crippen LogP contribution is -2.43. The van der Waals surface area contributed by atoms with Crippen molar-refractivity contribution < 1.29 is 14.3 Å². The van der Waals surface area contributed by atoms with E-state index >= 15 is 0 Å². The quantitative estimate of drug-likeness (QED) is 0.797. The van der Waals surface area contributed by atoms with Crippen molar-refractivity contribution in [2.45, 2.75) is 38.6 Å². The predicted octanol–water partition coefficient (Wildman–Crippen LogP) is 2.62. The minimum atomic E-state index is -0.590. The highest BCUT2D eigenvalue weighted by atomic mass is 16.5. The van der Waals surface area contributed by atoms with E-state index < -0.39 is 6.10 Å². The van der Waals surface area contributed by atoms with Gasteiger partial charge in [-0.2, -0.15) is 5.10 Å². The number of hydrogen-bond acceptors (Lipinski definition) is 4. The smallest absolute Gasteiger partial charge is 0.256 e. The van der Waals surface area contributed by atoms with E-state index in [1.165, 1.54) is 11.1 Å². The van der Waals surface area contributed by atoms with E-state index in [1.807, 2.05) is 30.3 Å². The summed E-state index contributed by atoms with van der Waals surface area (Å²) in [6, 6.07) is 8.28. The average Bonchev–Trinajstić information content (AvgIpc) is 3.08. The third kappa shape index (κ3) is 4.31. The summed E-state index contributed by atoms with van der Waals surface area (Å²) in [6.45, 7) is 4.11. The van der Waals surface area contributed by atoms with Crippen LogP contribution in [0.15, 0.2) is 36.7 Å². The molecule has 6 heteroatoms. The van der Waals surface area contributed by atoms with Crippen molar-refractivity contribution in [3.8, 4) is 0 Å². The first kappa shape index (κ1) is 18.6. The number of benzene rings is 1. The molecule has 0 aliphatic carbocycles. The Morgan fingerprint density at radius 2 is 2.04 bits per heavy atom. The van der Waals surface area contributed by atoms with Gasteiger partial charge in [0.15, 0.2) is 6.10 Å². The first-order valence-electron chi connectivity index (χ1n) is 9.04. The Kier molecular flexibility index (Phi) is 6.06. The summed E-state index contributed by atoms with van der Waals surface area (Å²) in [7, 11) is 3.39. The van der Waals surface area contributed by atoms with E-state index in [2.05, 4.69) is 24.2 Å². The maximum Gasteiger partial charge on any atom is 0.256 e. The molecule has 26 heavy (non-hydrogen) atoms. The summed E-state index contributed by atoms with van der Waals surface area (Å²) >= 11 is 0. The van der Waals surface area contributed by atoms with Crippen LogP contribution in [0.5, 0.6) is 0 Å². The maximum absolute atomic E-state index is 12.8. The molecule has 1 amide bonds. The Bertz CT molecular complexity index is 735. The molecular weight excluding hydrogens is 330 g/mol. The van der Waals surface area contributed by atoms with Gasteiger partial charge in [0.25, 0.3) is 5.91 Å². The molecular formula is C20H27N3O3. The highest BCUT2D eigenvalue weighted by molar-refractivity contribution is 5.82. The van der Waals surface area contributed by atoms with E-state index in [0.717, 1.165) is 18.4 Å². The highest BCUT2D eigenvalue weighted by Crippen LogP contribution is 2.23. The number of hydrogen-bond donors (Lipinski definition) is 0. The number of aromatic nitrogens is 2. The number of carbonyl (C=O) groups excluding carboxylic acids is 1. The fraction of sp³-hybridized carbons (Fsp3) is 0.500. The van der Waals surface area contributed by atoms with Crippen LogP contribution in [0, 0.1) is 6.92 Å². The van der Waals surface area contributed by atoms with E-state index in [-0.39, 0.29) is 12.0 Å². The van der Waals surface area contributed by atoms with Crippen LogP contribution in [0.2, 0.25) is 0 Å². The number of ether oxygens (including phenoxy) is 2. The van der Waals surface area contributed by atoms with Gasteiger partial charge in [-0.3, -0.25) is 9.48 Å². The largest absolute Gasteiger partial charge is 0.373 e. The van der Waals surface area contributed by atoms with Crippen LogP contribution in [0.4, 0.5) is 0 Å². The number of likely N-dealkylation sites (tertiary alicyclic amines) is 1. The van der Waals surface area contributed by atoms with Gasteiger partial charge in [0.1, 0.15) is 0 Å². The lowest BCUT2D eigenvalue weighted by atomic mass is 10.1. The van der Waals surface area contributed by atoms with Gasteiger partial charge in [-0.25, -0.2) is 0 Å². The molecule has 2 aromatic rings. The van der Waals surface area contributed by atoms with Crippen molar-refractivity contribution >= 4 is 5.91 Å². The SMILES string of the molecule is COC(C(=O)N1CCC(OCc2ccccc2C)CC1)c1cnn(C)c1. The van der Waals surface area contributed by atoms with Crippen molar-refractivity contribution in [2.75, 3.05) is 20.2 Å². The summed E-state index contributed by atoms with van der Waals surface area (Å²) in [5.41, 5.74) is 3.26. The zero-order chi connectivity index (χ0) is 18.5. The van der Waals surface area contributed by atoms with Crippen LogP contribution in [0.1, 0.15) is 35.6 Å². The number of amides is 1. The van der Waals surface area contributed by atoms with Crippen LogP contribution in [-0.2, 0) is 27.9 Å². The van der Waals surface area contributed by atoms with Gasteiger partial charge in [0, 0.05) is 39.0 Å². The van der Waals surface area contributed by atoms with Gasteiger partial charge in [0.05, 0.1) is 18.9 Å². The van der Waals surface area contributed by atoms with Crippen molar-refractivity contribution in [3.05, 3.63) is 53.3 Å². The lowest BCUT2D eigenvalue weighted by Gasteiger charge is -2.33. The van der Waals surface area contributed by atoms with E-state index in [4.69, 9.17) is 9.47 Å². The number of rotatable bonds is 6. The number of carbonyl (C=O) groups is 1. The Labute approximate surface area is 154 Å². The number of piperidine rings is 1. The van der Waals surface area contributed by atoms with Crippen LogP contribution in [-0.4, -0.2) is 46.9 Å². The topological polar surface area (TPSA) is 56.6 Å². The van der Waals surface area contributed by atoms with E-state index in [1.54, 1.807) is 18.0 Å². The molecule has 0 spiro atoms. The minimum absolute atomic E-state index is 0.00199. The predicted molar refractivity (Wildman–Crippen MR) is 98.5 cm³/mol. The second-order valence-corrected chi connectivity index (χ2v) is 6.83. The van der Waals surface area contributed by atoms with Gasteiger partial charge >= 0.3 is 0 Å². The fourth-order valence-corrected chi connectivity index (χ4v) is 3.34. The van der Waals surface area contributed by atoms with Crippen LogP contribution in [0.3, 0.4) is 0 Å². The molecule has 3 rings (SSSR count). The van der Waals surface area contributed by atoms with Crippen LogP contribution < -0.4 is 0 Å². The van der Waals surface area contributed by atoms with Gasteiger partial charge in [-0.05, 0) is 30.9 Å². The molecule has 1 atom stereocenters. The van der Waals surface area contributed by atoms with Crippen LogP contribution >= 0.6 is 0 Å². The zero-order valence-electron chi connectivity index (χ0n) is 15.7. The van der Waals surface area contributed by atoms with E-state index in [0.29, 0.717) is 19.7 Å². The molecule has 1 saturated heterocycles. The Morgan fingerprint density at radius 3 is 2.65 bits per heavy atom. The van der Waals surface area contributed by atoms with Crippen molar-refractivity contribution in [1.82, 2.24) is 14.7 Å². The molecule has 1 aliphatic rings. The standard InChI is InChI=1S/C20H27N3O3/c1-15-6-4-5-7-16(15)14-26-18-8-10-23(11-9-18)20(24)19(25-3)17-12-21-22(2)13-17/h4-7,12-13,18-19H,8-11,14H2,1-3H3. The van der Waals surface area contributed by atoms with Gasteiger partial charge in [0.2, 0.25) is 0 Å². The number of methoxy groups -OCH3 is 1. The number of nitrogens with zero attached hydrogens (tertiary/aromatic N) is 3. The molecule has 6 nitrogen and oxygen atoms in total. The average molecular weight is 357 g/mol. The molecule has 1 fully saturated rings. The molecule has 140 valence electrons. The summed E-state index contributed by atoms with van der Waals surface area (Å²) in [5.74, 6) is -0.00199. The molecule has 1 unspecified atom stereocenters. The first-order chi connectivity index (χ1) is 12.6. The molecule has 1 aromatic carbocycles. The second kappa shape index (κ2) is 8.47. The third-order valence-corrected chi connectivity index (χ3v) is 4.98. The van der Waals surface area contributed by atoms with Crippen molar-refractivity contribution in [1.29, 1.82) is 0 Å². The number of aryl methyl sites for hydroxylation is 2. The minimum Gasteiger partial charge on any atom is -0.373 e. The Balaban J connectivity index is 1.51. The van der Waals surface area contributed by atoms with Gasteiger partial charge in [-0.15, -0.1) is 0 Å². The molecule has 0 bridgehead atoms. The zero-order valence-corrected chi connectivity index (χ0v) is 15.7. The second-order valence-electron chi connectivity index (χ2n) is 6.83. The summed E-state index contributed by atoms with van der Waals surface area (Å²) in [5, 5.41) is 4.13.